The van der Waals surface area contributed by atoms with Gasteiger partial charge < -0.3 is 19.8 Å². The Morgan fingerprint density at radius 1 is 1.69 bits per heavy atom. The lowest BCUT2D eigenvalue weighted by molar-refractivity contribution is -0.000972. The van der Waals surface area contributed by atoms with Crippen molar-refractivity contribution in [1.82, 2.24) is 15.3 Å². The molecule has 88 valence electrons. The van der Waals surface area contributed by atoms with Crippen LogP contribution in [-0.2, 0) is 4.74 Å². The van der Waals surface area contributed by atoms with Crippen molar-refractivity contribution in [3.63, 3.8) is 0 Å². The summed E-state index contributed by atoms with van der Waals surface area (Å²) in [6.45, 7) is 2.67. The molecule has 6 nitrogen and oxygen atoms in total. The maximum Gasteiger partial charge on any atom is 0.268 e. The Kier molecular flexibility index (Phi) is 3.92. The molecule has 1 fully saturated rings. The second-order valence-electron chi connectivity index (χ2n) is 3.36. The standard InChI is InChI=1S/C9H12BrN3O3/c10-7-8(14)12-5-13-9(7)16-4-6-3-11-1-2-15-6/h5-6,11H,1-4H2,(H,12,13,14). The van der Waals surface area contributed by atoms with Gasteiger partial charge in [-0.2, -0.15) is 0 Å². The third-order valence-corrected chi connectivity index (χ3v) is 2.87. The summed E-state index contributed by atoms with van der Waals surface area (Å²) in [6.07, 6.45) is 1.31. The highest BCUT2D eigenvalue weighted by molar-refractivity contribution is 9.10. The van der Waals surface area contributed by atoms with Gasteiger partial charge in [0.15, 0.2) is 0 Å². The number of hydrogen-bond acceptors (Lipinski definition) is 5. The van der Waals surface area contributed by atoms with Crippen LogP contribution >= 0.6 is 15.9 Å². The van der Waals surface area contributed by atoms with E-state index in [1.165, 1.54) is 6.33 Å². The molecule has 1 aromatic heterocycles. The molecule has 16 heavy (non-hydrogen) atoms. The number of H-pyrrole nitrogens is 1. The molecule has 2 N–H and O–H groups in total. The molecule has 1 saturated heterocycles. The van der Waals surface area contributed by atoms with Crippen molar-refractivity contribution in [3.8, 4) is 5.88 Å². The van der Waals surface area contributed by atoms with Crippen molar-refractivity contribution < 1.29 is 9.47 Å². The number of rotatable bonds is 3. The van der Waals surface area contributed by atoms with E-state index in [1.807, 2.05) is 0 Å². The minimum absolute atomic E-state index is 0.00161. The zero-order valence-corrected chi connectivity index (χ0v) is 10.1. The molecule has 7 heteroatoms. The van der Waals surface area contributed by atoms with Crippen LogP contribution < -0.4 is 15.6 Å². The number of nitrogens with zero attached hydrogens (tertiary/aromatic N) is 1. The van der Waals surface area contributed by atoms with Crippen LogP contribution in [0, 0.1) is 0 Å². The van der Waals surface area contributed by atoms with Crippen molar-refractivity contribution in [3.05, 3.63) is 21.2 Å². The van der Waals surface area contributed by atoms with Gasteiger partial charge >= 0.3 is 0 Å². The summed E-state index contributed by atoms with van der Waals surface area (Å²) in [7, 11) is 0. The second kappa shape index (κ2) is 5.42. The summed E-state index contributed by atoms with van der Waals surface area (Å²) in [5.74, 6) is 0.290. The van der Waals surface area contributed by atoms with Crippen molar-refractivity contribution in [2.75, 3.05) is 26.3 Å². The van der Waals surface area contributed by atoms with Gasteiger partial charge in [0.1, 0.15) is 17.2 Å². The monoisotopic (exact) mass is 289 g/mol. The predicted molar refractivity (Wildman–Crippen MR) is 60.7 cm³/mol. The zero-order chi connectivity index (χ0) is 11.4. The van der Waals surface area contributed by atoms with Gasteiger partial charge in [-0.1, -0.05) is 0 Å². The summed E-state index contributed by atoms with van der Waals surface area (Å²) in [5.41, 5.74) is -0.257. The normalized spacial score (nSPS) is 20.7. The molecule has 0 bridgehead atoms. The lowest BCUT2D eigenvalue weighted by Gasteiger charge is -2.23. The van der Waals surface area contributed by atoms with Crippen LogP contribution in [0.15, 0.2) is 15.6 Å². The summed E-state index contributed by atoms with van der Waals surface area (Å²) in [6, 6.07) is 0. The molecule has 0 aliphatic carbocycles. The first-order valence-corrected chi connectivity index (χ1v) is 5.75. The fraction of sp³-hybridized carbons (Fsp3) is 0.556. The average Bonchev–Trinajstić information content (AvgIpc) is 2.32. The third-order valence-electron chi connectivity index (χ3n) is 2.17. The largest absolute Gasteiger partial charge is 0.474 e. The Labute approximate surface area is 100 Å². The minimum atomic E-state index is -0.257. The first kappa shape index (κ1) is 11.6. The highest BCUT2D eigenvalue weighted by atomic mass is 79.9. The van der Waals surface area contributed by atoms with Gasteiger partial charge in [-0.25, -0.2) is 4.98 Å². The molecule has 0 spiro atoms. The van der Waals surface area contributed by atoms with E-state index < -0.39 is 0 Å². The SMILES string of the molecule is O=c1[nH]cnc(OCC2CNCCO2)c1Br. The number of halogens is 1. The van der Waals surface area contributed by atoms with Crippen LogP contribution in [0.5, 0.6) is 5.88 Å². The molecule has 1 aromatic rings. The Hall–Kier alpha value is -0.920. The molecule has 1 aliphatic heterocycles. The van der Waals surface area contributed by atoms with E-state index in [9.17, 15) is 4.79 Å². The molecule has 1 atom stereocenters. The summed E-state index contributed by atoms with van der Waals surface area (Å²) < 4.78 is 11.2. The topological polar surface area (TPSA) is 76.2 Å². The number of nitrogens with one attached hydrogen (secondary N) is 2. The number of aromatic nitrogens is 2. The number of ether oxygens (including phenoxy) is 2. The van der Waals surface area contributed by atoms with Crippen LogP contribution in [0.25, 0.3) is 0 Å². The van der Waals surface area contributed by atoms with E-state index >= 15 is 0 Å². The predicted octanol–water partition coefficient (Wildman–Crippen LogP) is -0.100. The fourth-order valence-corrected chi connectivity index (χ4v) is 1.70. The number of morpholine rings is 1. The van der Waals surface area contributed by atoms with Gasteiger partial charge in [-0.05, 0) is 15.9 Å². The summed E-state index contributed by atoms with van der Waals surface area (Å²) in [5, 5.41) is 3.19. The van der Waals surface area contributed by atoms with Crippen molar-refractivity contribution in [2.24, 2.45) is 0 Å². The highest BCUT2D eigenvalue weighted by Gasteiger charge is 2.15. The van der Waals surface area contributed by atoms with E-state index in [2.05, 4.69) is 31.2 Å². The van der Waals surface area contributed by atoms with E-state index in [-0.39, 0.29) is 17.5 Å². The number of aromatic amines is 1. The van der Waals surface area contributed by atoms with Gasteiger partial charge in [0.25, 0.3) is 5.56 Å². The molecule has 1 unspecified atom stereocenters. The Morgan fingerprint density at radius 2 is 2.56 bits per heavy atom. The van der Waals surface area contributed by atoms with E-state index in [4.69, 9.17) is 9.47 Å². The van der Waals surface area contributed by atoms with Gasteiger partial charge in [-0.3, -0.25) is 4.79 Å². The average molecular weight is 290 g/mol. The van der Waals surface area contributed by atoms with E-state index in [0.717, 1.165) is 13.1 Å². The Bertz CT molecular complexity index is 403. The smallest absolute Gasteiger partial charge is 0.268 e. The van der Waals surface area contributed by atoms with Crippen LogP contribution in [0.2, 0.25) is 0 Å². The van der Waals surface area contributed by atoms with Gasteiger partial charge in [0.05, 0.1) is 12.9 Å². The second-order valence-corrected chi connectivity index (χ2v) is 4.15. The van der Waals surface area contributed by atoms with Crippen LogP contribution in [0.3, 0.4) is 0 Å². The highest BCUT2D eigenvalue weighted by Crippen LogP contribution is 2.16. The molecule has 0 radical (unpaired) electrons. The third kappa shape index (κ3) is 2.81. The lowest BCUT2D eigenvalue weighted by Crippen LogP contribution is -2.41. The van der Waals surface area contributed by atoms with Crippen molar-refractivity contribution >= 4 is 15.9 Å². The van der Waals surface area contributed by atoms with Crippen LogP contribution in [0.4, 0.5) is 0 Å². The Morgan fingerprint density at radius 3 is 3.31 bits per heavy atom. The maximum absolute atomic E-state index is 11.2. The zero-order valence-electron chi connectivity index (χ0n) is 8.53. The lowest BCUT2D eigenvalue weighted by atomic mass is 10.3. The van der Waals surface area contributed by atoms with Gasteiger partial charge in [-0.15, -0.1) is 0 Å². The maximum atomic E-state index is 11.2. The number of hydrogen-bond donors (Lipinski definition) is 2. The first-order chi connectivity index (χ1) is 7.77. The quantitative estimate of drug-likeness (QED) is 0.813. The first-order valence-electron chi connectivity index (χ1n) is 4.95. The molecule has 0 amide bonds. The van der Waals surface area contributed by atoms with Crippen LogP contribution in [-0.4, -0.2) is 42.4 Å². The van der Waals surface area contributed by atoms with Crippen LogP contribution in [0.1, 0.15) is 0 Å². The molecule has 0 saturated carbocycles. The minimum Gasteiger partial charge on any atom is -0.474 e. The molecule has 2 heterocycles. The Balaban J connectivity index is 1.93. The summed E-state index contributed by atoms with van der Waals surface area (Å²) in [4.78, 5) is 17.6. The van der Waals surface area contributed by atoms with Gasteiger partial charge in [0, 0.05) is 13.1 Å². The molecule has 0 aromatic carbocycles. The fourth-order valence-electron chi connectivity index (χ4n) is 1.37. The van der Waals surface area contributed by atoms with E-state index in [1.54, 1.807) is 0 Å². The molecular formula is C9H12BrN3O3. The summed E-state index contributed by atoms with van der Waals surface area (Å²) >= 11 is 3.12. The molecule has 1 aliphatic rings. The van der Waals surface area contributed by atoms with E-state index in [0.29, 0.717) is 17.7 Å². The molecule has 2 rings (SSSR count). The van der Waals surface area contributed by atoms with Gasteiger partial charge in [0.2, 0.25) is 5.88 Å². The van der Waals surface area contributed by atoms with Crippen molar-refractivity contribution in [1.29, 1.82) is 0 Å². The van der Waals surface area contributed by atoms with Crippen molar-refractivity contribution in [2.45, 2.75) is 6.10 Å². The molecular weight excluding hydrogens is 278 g/mol.